The molecule has 1 atom stereocenters. The van der Waals surface area contributed by atoms with Crippen LogP contribution in [0.25, 0.3) is 15.9 Å². The predicted octanol–water partition coefficient (Wildman–Crippen LogP) is 4.68. The lowest BCUT2D eigenvalue weighted by Crippen LogP contribution is -2.21. The average Bonchev–Trinajstić information content (AvgIpc) is 3.31. The van der Waals surface area contributed by atoms with E-state index in [0.717, 1.165) is 22.8 Å². The molecule has 0 bridgehead atoms. The van der Waals surface area contributed by atoms with Gasteiger partial charge >= 0.3 is 0 Å². The van der Waals surface area contributed by atoms with Crippen LogP contribution in [0.3, 0.4) is 0 Å². The first kappa shape index (κ1) is 16.0. The van der Waals surface area contributed by atoms with Crippen molar-refractivity contribution in [1.82, 2.24) is 19.7 Å². The minimum atomic E-state index is 0.281. The molecule has 0 aliphatic heterocycles. The van der Waals surface area contributed by atoms with Gasteiger partial charge in [0.25, 0.3) is 0 Å². The molecule has 0 saturated carbocycles. The van der Waals surface area contributed by atoms with Crippen LogP contribution in [0.4, 0.5) is 0 Å². The molecule has 5 heteroatoms. The Morgan fingerprint density at radius 2 is 1.88 bits per heavy atom. The molecule has 0 aliphatic rings. The Kier molecular flexibility index (Phi) is 4.34. The second-order valence-electron chi connectivity index (χ2n) is 6.23. The summed E-state index contributed by atoms with van der Waals surface area (Å²) in [5, 5.41) is 5.43. The van der Waals surface area contributed by atoms with Gasteiger partial charge in [-0.05, 0) is 49.9 Å². The predicted molar refractivity (Wildman–Crippen MR) is 103 cm³/mol. The van der Waals surface area contributed by atoms with Gasteiger partial charge in [-0.3, -0.25) is 4.90 Å². The van der Waals surface area contributed by atoms with Crippen LogP contribution in [-0.2, 0) is 6.54 Å². The van der Waals surface area contributed by atoms with E-state index in [4.69, 9.17) is 4.98 Å². The molecule has 0 radical (unpaired) electrons. The minimum Gasteiger partial charge on any atom is -0.293 e. The summed E-state index contributed by atoms with van der Waals surface area (Å²) in [5.41, 5.74) is 3.45. The summed E-state index contributed by atoms with van der Waals surface area (Å²) >= 11 is 1.78. The summed E-state index contributed by atoms with van der Waals surface area (Å²) in [6.07, 6.45) is 3.75. The highest BCUT2D eigenvalue weighted by molar-refractivity contribution is 7.18. The number of fused-ring (bicyclic) bond motifs is 1. The Hall–Kier alpha value is -2.50. The van der Waals surface area contributed by atoms with Crippen LogP contribution in [0.15, 0.2) is 67.0 Å². The monoisotopic (exact) mass is 348 g/mol. The first-order valence-corrected chi connectivity index (χ1v) is 9.17. The van der Waals surface area contributed by atoms with Crippen molar-refractivity contribution >= 4 is 21.6 Å². The number of para-hydroxylation sites is 1. The molecule has 0 aliphatic carbocycles. The SMILES string of the molecule is CC(c1nc2ccccc2s1)N(C)Cc1ccc(-n2cccn2)cc1. The zero-order valence-electron chi connectivity index (χ0n) is 14.3. The van der Waals surface area contributed by atoms with Crippen molar-refractivity contribution in [2.24, 2.45) is 0 Å². The van der Waals surface area contributed by atoms with E-state index in [1.54, 1.807) is 17.5 Å². The zero-order valence-corrected chi connectivity index (χ0v) is 15.1. The molecule has 126 valence electrons. The Labute approximate surface area is 151 Å². The molecule has 25 heavy (non-hydrogen) atoms. The molecular formula is C20H20N4S. The van der Waals surface area contributed by atoms with E-state index < -0.39 is 0 Å². The summed E-state index contributed by atoms with van der Waals surface area (Å²) in [6.45, 7) is 3.10. The fraction of sp³-hybridized carbons (Fsp3) is 0.200. The van der Waals surface area contributed by atoms with Gasteiger partial charge in [0.1, 0.15) is 5.01 Å². The van der Waals surface area contributed by atoms with Gasteiger partial charge in [0, 0.05) is 18.9 Å². The molecule has 1 unspecified atom stereocenters. The van der Waals surface area contributed by atoms with E-state index in [0.29, 0.717) is 0 Å². The van der Waals surface area contributed by atoms with Crippen LogP contribution in [-0.4, -0.2) is 26.7 Å². The van der Waals surface area contributed by atoms with E-state index in [2.05, 4.69) is 66.4 Å². The fourth-order valence-electron chi connectivity index (χ4n) is 2.86. The number of benzene rings is 2. The standard InChI is InChI=1S/C20H20N4S/c1-15(20-22-18-6-3-4-7-19(18)25-20)23(2)14-16-8-10-17(11-9-16)24-13-5-12-21-24/h3-13,15H,14H2,1-2H3. The van der Waals surface area contributed by atoms with E-state index in [-0.39, 0.29) is 6.04 Å². The summed E-state index contributed by atoms with van der Waals surface area (Å²) in [5.74, 6) is 0. The maximum absolute atomic E-state index is 4.79. The number of thiazole rings is 1. The molecule has 0 saturated heterocycles. The van der Waals surface area contributed by atoms with Crippen LogP contribution >= 0.6 is 11.3 Å². The van der Waals surface area contributed by atoms with Crippen molar-refractivity contribution in [1.29, 1.82) is 0 Å². The van der Waals surface area contributed by atoms with Gasteiger partial charge in [0.05, 0.1) is 21.9 Å². The summed E-state index contributed by atoms with van der Waals surface area (Å²) < 4.78 is 3.12. The third kappa shape index (κ3) is 3.34. The molecule has 0 fully saturated rings. The molecule has 0 N–H and O–H groups in total. The average molecular weight is 348 g/mol. The number of aromatic nitrogens is 3. The van der Waals surface area contributed by atoms with Crippen LogP contribution in [0.5, 0.6) is 0 Å². The van der Waals surface area contributed by atoms with Gasteiger partial charge in [0.15, 0.2) is 0 Å². The number of hydrogen-bond acceptors (Lipinski definition) is 4. The van der Waals surface area contributed by atoms with Gasteiger partial charge in [-0.2, -0.15) is 5.10 Å². The van der Waals surface area contributed by atoms with E-state index in [9.17, 15) is 0 Å². The molecule has 4 rings (SSSR count). The summed E-state index contributed by atoms with van der Waals surface area (Å²) in [4.78, 5) is 7.12. The first-order chi connectivity index (χ1) is 12.2. The number of nitrogens with zero attached hydrogens (tertiary/aromatic N) is 4. The third-order valence-electron chi connectivity index (χ3n) is 4.47. The van der Waals surface area contributed by atoms with Crippen molar-refractivity contribution < 1.29 is 0 Å². The highest BCUT2D eigenvalue weighted by atomic mass is 32.1. The lowest BCUT2D eigenvalue weighted by Gasteiger charge is -2.23. The molecule has 2 aromatic carbocycles. The van der Waals surface area contributed by atoms with Crippen molar-refractivity contribution in [3.05, 3.63) is 77.6 Å². The van der Waals surface area contributed by atoms with Crippen LogP contribution < -0.4 is 0 Å². The second-order valence-corrected chi connectivity index (χ2v) is 7.29. The van der Waals surface area contributed by atoms with Crippen LogP contribution in [0.1, 0.15) is 23.5 Å². The summed E-state index contributed by atoms with van der Waals surface area (Å²) in [6, 6.07) is 19.1. The van der Waals surface area contributed by atoms with Crippen molar-refractivity contribution in [2.45, 2.75) is 19.5 Å². The Balaban J connectivity index is 1.48. The molecule has 4 aromatic rings. The van der Waals surface area contributed by atoms with Crippen LogP contribution in [0, 0.1) is 0 Å². The molecule has 2 heterocycles. The topological polar surface area (TPSA) is 34.0 Å². The number of rotatable bonds is 5. The fourth-order valence-corrected chi connectivity index (χ4v) is 3.94. The maximum atomic E-state index is 4.79. The second kappa shape index (κ2) is 6.78. The van der Waals surface area contributed by atoms with Gasteiger partial charge in [-0.1, -0.05) is 24.3 Å². The zero-order chi connectivity index (χ0) is 17.2. The van der Waals surface area contributed by atoms with Gasteiger partial charge < -0.3 is 0 Å². The highest BCUT2D eigenvalue weighted by Gasteiger charge is 2.16. The number of hydrogen-bond donors (Lipinski definition) is 0. The lowest BCUT2D eigenvalue weighted by atomic mass is 10.2. The van der Waals surface area contributed by atoms with Crippen molar-refractivity contribution in [3.8, 4) is 5.69 Å². The smallest absolute Gasteiger partial charge is 0.111 e. The molecule has 0 amide bonds. The highest BCUT2D eigenvalue weighted by Crippen LogP contribution is 2.29. The molecule has 0 spiro atoms. The van der Waals surface area contributed by atoms with E-state index >= 15 is 0 Å². The summed E-state index contributed by atoms with van der Waals surface area (Å²) in [7, 11) is 2.15. The van der Waals surface area contributed by atoms with Crippen molar-refractivity contribution in [3.63, 3.8) is 0 Å². The largest absolute Gasteiger partial charge is 0.293 e. The van der Waals surface area contributed by atoms with E-state index in [1.807, 2.05) is 23.0 Å². The first-order valence-electron chi connectivity index (χ1n) is 8.35. The van der Waals surface area contributed by atoms with Gasteiger partial charge in [-0.25, -0.2) is 9.67 Å². The van der Waals surface area contributed by atoms with Crippen molar-refractivity contribution in [2.75, 3.05) is 7.05 Å². The molecular weight excluding hydrogens is 328 g/mol. The molecule has 4 nitrogen and oxygen atoms in total. The van der Waals surface area contributed by atoms with Gasteiger partial charge in [0.2, 0.25) is 0 Å². The minimum absolute atomic E-state index is 0.281. The lowest BCUT2D eigenvalue weighted by molar-refractivity contribution is 0.253. The Morgan fingerprint density at radius 3 is 2.60 bits per heavy atom. The third-order valence-corrected chi connectivity index (χ3v) is 5.67. The van der Waals surface area contributed by atoms with Crippen LogP contribution in [0.2, 0.25) is 0 Å². The normalized spacial score (nSPS) is 12.8. The van der Waals surface area contributed by atoms with E-state index in [1.165, 1.54) is 10.3 Å². The Bertz CT molecular complexity index is 924. The quantitative estimate of drug-likeness (QED) is 0.525. The maximum Gasteiger partial charge on any atom is 0.111 e. The van der Waals surface area contributed by atoms with Gasteiger partial charge in [-0.15, -0.1) is 11.3 Å². The Morgan fingerprint density at radius 1 is 1.08 bits per heavy atom. The molecule has 2 aromatic heterocycles.